The lowest BCUT2D eigenvalue weighted by atomic mass is 10.1. The molecular weight excluding hydrogens is 440 g/mol. The Kier molecular flexibility index (Phi) is 7.18. The molecule has 10 heteroatoms. The van der Waals surface area contributed by atoms with Crippen molar-refractivity contribution >= 4 is 12.0 Å². The highest BCUT2D eigenvalue weighted by molar-refractivity contribution is 5.94. The zero-order valence-electron chi connectivity index (χ0n) is 19.9. The highest BCUT2D eigenvalue weighted by Gasteiger charge is 2.28. The lowest BCUT2D eigenvalue weighted by molar-refractivity contribution is -0.0190. The molecule has 1 aromatic heterocycles. The average Bonchev–Trinajstić information content (AvgIpc) is 3.46. The van der Waals surface area contributed by atoms with Crippen LogP contribution in [0.25, 0.3) is 11.5 Å². The Morgan fingerprint density at radius 3 is 2.38 bits per heavy atom. The Hall–Kier alpha value is -2.98. The molecule has 0 bridgehead atoms. The smallest absolute Gasteiger partial charge is 0.410 e. The van der Waals surface area contributed by atoms with E-state index in [-0.39, 0.29) is 24.7 Å². The van der Waals surface area contributed by atoms with Crippen molar-refractivity contribution in [3.63, 3.8) is 0 Å². The van der Waals surface area contributed by atoms with Gasteiger partial charge in [-0.3, -0.25) is 4.79 Å². The molecule has 184 valence electrons. The summed E-state index contributed by atoms with van der Waals surface area (Å²) >= 11 is 0. The van der Waals surface area contributed by atoms with Crippen molar-refractivity contribution < 1.29 is 28.7 Å². The van der Waals surface area contributed by atoms with Crippen LogP contribution in [0, 0.1) is 0 Å². The number of carbonyl (C=O) groups excluding carboxylic acids is 2. The van der Waals surface area contributed by atoms with Crippen LogP contribution in [0.4, 0.5) is 4.79 Å². The van der Waals surface area contributed by atoms with Gasteiger partial charge in [-0.2, -0.15) is 4.98 Å². The Balaban J connectivity index is 1.25. The Bertz CT molecular complexity index is 992. The first-order chi connectivity index (χ1) is 16.2. The number of rotatable bonds is 5. The summed E-state index contributed by atoms with van der Waals surface area (Å²) in [5, 5.41) is 13.6. The lowest BCUT2D eigenvalue weighted by Gasteiger charge is -2.33. The number of likely N-dealkylation sites (tertiary alicyclic amines) is 2. The van der Waals surface area contributed by atoms with E-state index in [1.807, 2.05) is 20.8 Å². The summed E-state index contributed by atoms with van der Waals surface area (Å²) in [4.78, 5) is 32.4. The van der Waals surface area contributed by atoms with Crippen LogP contribution >= 0.6 is 0 Å². The SMILES string of the molecule is CC(C)(C)OC(=O)N1CCC(OCc2noc(-c3ccc(C(=O)N4CCC(O)C4)cc3)n2)CC1. The molecule has 2 aliphatic heterocycles. The number of β-amino-alcohol motifs (C(OH)–C–C–N with tert-alkyl or cyclic N) is 1. The van der Waals surface area contributed by atoms with E-state index in [1.165, 1.54) is 0 Å². The van der Waals surface area contributed by atoms with Crippen molar-refractivity contribution in [3.8, 4) is 11.5 Å². The van der Waals surface area contributed by atoms with Gasteiger partial charge in [0.1, 0.15) is 12.2 Å². The van der Waals surface area contributed by atoms with Crippen LogP contribution in [0.15, 0.2) is 28.8 Å². The number of hydrogen-bond acceptors (Lipinski definition) is 8. The van der Waals surface area contributed by atoms with Crippen molar-refractivity contribution in [1.29, 1.82) is 0 Å². The second-order valence-corrected chi connectivity index (χ2v) is 9.76. The fourth-order valence-electron chi connectivity index (χ4n) is 4.02. The number of carbonyl (C=O) groups is 2. The van der Waals surface area contributed by atoms with Gasteiger partial charge in [-0.05, 0) is 64.3 Å². The lowest BCUT2D eigenvalue weighted by Crippen LogP contribution is -2.43. The number of aromatic nitrogens is 2. The van der Waals surface area contributed by atoms with Crippen molar-refractivity contribution in [1.82, 2.24) is 19.9 Å². The van der Waals surface area contributed by atoms with Crippen LogP contribution in [0.3, 0.4) is 0 Å². The van der Waals surface area contributed by atoms with Crippen LogP contribution in [0.5, 0.6) is 0 Å². The maximum atomic E-state index is 12.5. The number of nitrogens with zero attached hydrogens (tertiary/aromatic N) is 4. The van der Waals surface area contributed by atoms with E-state index < -0.39 is 11.7 Å². The quantitative estimate of drug-likeness (QED) is 0.706. The van der Waals surface area contributed by atoms with Crippen molar-refractivity contribution in [2.24, 2.45) is 0 Å². The van der Waals surface area contributed by atoms with Crippen molar-refractivity contribution in [2.75, 3.05) is 26.2 Å². The van der Waals surface area contributed by atoms with Gasteiger partial charge in [-0.15, -0.1) is 0 Å². The Morgan fingerprint density at radius 2 is 1.76 bits per heavy atom. The second kappa shape index (κ2) is 10.1. The molecule has 2 saturated heterocycles. The predicted octanol–water partition coefficient (Wildman–Crippen LogP) is 2.86. The number of hydrogen-bond donors (Lipinski definition) is 1. The molecule has 1 N–H and O–H groups in total. The first-order valence-corrected chi connectivity index (χ1v) is 11.7. The van der Waals surface area contributed by atoms with E-state index in [1.54, 1.807) is 34.1 Å². The summed E-state index contributed by atoms with van der Waals surface area (Å²) in [5.41, 5.74) is 0.759. The van der Waals surface area contributed by atoms with Gasteiger partial charge in [0.05, 0.1) is 12.2 Å². The van der Waals surface area contributed by atoms with Crippen LogP contribution in [-0.2, 0) is 16.1 Å². The molecule has 2 aliphatic rings. The second-order valence-electron chi connectivity index (χ2n) is 9.76. The van der Waals surface area contributed by atoms with E-state index in [0.29, 0.717) is 68.3 Å². The Morgan fingerprint density at radius 1 is 1.09 bits per heavy atom. The third kappa shape index (κ3) is 6.12. The zero-order chi connectivity index (χ0) is 24.3. The van der Waals surface area contributed by atoms with Crippen LogP contribution in [0.1, 0.15) is 56.2 Å². The third-order valence-corrected chi connectivity index (χ3v) is 5.84. The predicted molar refractivity (Wildman–Crippen MR) is 122 cm³/mol. The van der Waals surface area contributed by atoms with E-state index in [2.05, 4.69) is 10.1 Å². The molecule has 10 nitrogen and oxygen atoms in total. The molecule has 2 fully saturated rings. The number of aliphatic hydroxyl groups is 1. The number of aliphatic hydroxyl groups excluding tert-OH is 1. The maximum absolute atomic E-state index is 12.5. The number of amides is 2. The Labute approximate surface area is 198 Å². The molecule has 1 atom stereocenters. The van der Waals surface area contributed by atoms with Gasteiger partial charge in [-0.25, -0.2) is 4.79 Å². The van der Waals surface area contributed by atoms with E-state index in [9.17, 15) is 14.7 Å². The molecule has 0 radical (unpaired) electrons. The molecule has 4 rings (SSSR count). The summed E-state index contributed by atoms with van der Waals surface area (Å²) in [5.74, 6) is 0.699. The van der Waals surface area contributed by atoms with Crippen LogP contribution < -0.4 is 0 Å². The van der Waals surface area contributed by atoms with Crippen LogP contribution in [-0.4, -0.2) is 81.0 Å². The monoisotopic (exact) mass is 472 g/mol. The van der Waals surface area contributed by atoms with E-state index in [4.69, 9.17) is 14.0 Å². The summed E-state index contributed by atoms with van der Waals surface area (Å²) in [7, 11) is 0. The van der Waals surface area contributed by atoms with Gasteiger partial charge >= 0.3 is 6.09 Å². The molecule has 0 saturated carbocycles. The zero-order valence-corrected chi connectivity index (χ0v) is 19.9. The highest BCUT2D eigenvalue weighted by Crippen LogP contribution is 2.22. The van der Waals surface area contributed by atoms with Gasteiger partial charge in [0.15, 0.2) is 5.82 Å². The summed E-state index contributed by atoms with van der Waals surface area (Å²) in [6.45, 7) is 7.88. The van der Waals surface area contributed by atoms with Gasteiger partial charge < -0.3 is 28.9 Å². The molecule has 34 heavy (non-hydrogen) atoms. The fourth-order valence-corrected chi connectivity index (χ4v) is 4.02. The van der Waals surface area contributed by atoms with Crippen LogP contribution in [0.2, 0.25) is 0 Å². The maximum Gasteiger partial charge on any atom is 0.410 e. The van der Waals surface area contributed by atoms with Gasteiger partial charge in [0, 0.05) is 37.3 Å². The van der Waals surface area contributed by atoms with E-state index in [0.717, 1.165) is 0 Å². The summed E-state index contributed by atoms with van der Waals surface area (Å²) in [6.07, 6.45) is 1.31. The molecule has 1 unspecified atom stereocenters. The van der Waals surface area contributed by atoms with Crippen molar-refractivity contribution in [3.05, 3.63) is 35.7 Å². The molecule has 1 aromatic carbocycles. The average molecular weight is 473 g/mol. The number of ether oxygens (including phenoxy) is 2. The molecular formula is C24H32N4O6. The molecule has 2 amide bonds. The minimum atomic E-state index is -0.506. The minimum Gasteiger partial charge on any atom is -0.444 e. The minimum absolute atomic E-state index is 0.00929. The van der Waals surface area contributed by atoms with E-state index >= 15 is 0 Å². The third-order valence-electron chi connectivity index (χ3n) is 5.84. The number of benzene rings is 1. The summed E-state index contributed by atoms with van der Waals surface area (Å²) < 4.78 is 16.7. The first kappa shape index (κ1) is 24.2. The fraction of sp³-hybridized carbons (Fsp3) is 0.583. The molecule has 0 aliphatic carbocycles. The molecule has 2 aromatic rings. The van der Waals surface area contributed by atoms with Gasteiger partial charge in [-0.1, -0.05) is 5.16 Å². The normalized spacial score (nSPS) is 19.5. The molecule has 3 heterocycles. The molecule has 0 spiro atoms. The van der Waals surface area contributed by atoms with Gasteiger partial charge in [0.25, 0.3) is 11.8 Å². The largest absolute Gasteiger partial charge is 0.444 e. The summed E-state index contributed by atoms with van der Waals surface area (Å²) in [6, 6.07) is 6.98. The standard InChI is InChI=1S/C24H32N4O6/c1-24(2,3)33-23(31)27-12-9-19(10-13-27)32-15-20-25-21(34-26-20)16-4-6-17(7-5-16)22(30)28-11-8-18(29)14-28/h4-7,18-19,29H,8-15H2,1-3H3. The van der Waals surface area contributed by atoms with Crippen molar-refractivity contribution in [2.45, 2.75) is 64.4 Å². The van der Waals surface area contributed by atoms with Gasteiger partial charge in [0.2, 0.25) is 0 Å². The number of piperidine rings is 1. The highest BCUT2D eigenvalue weighted by atomic mass is 16.6. The topological polar surface area (TPSA) is 118 Å². The first-order valence-electron chi connectivity index (χ1n) is 11.7.